The molecule has 0 fully saturated rings. The molecule has 0 unspecified atom stereocenters. The Bertz CT molecular complexity index is 803. The second-order valence-electron chi connectivity index (χ2n) is 4.63. The van der Waals surface area contributed by atoms with Crippen molar-refractivity contribution in [3.8, 4) is 0 Å². The molecule has 0 amide bonds. The fraction of sp³-hybridized carbons (Fsp3) is 0.0625. The largest absolute Gasteiger partial charge is 0.379 e. The molecule has 5 heteroatoms. The number of pyridine rings is 1. The third-order valence-electron chi connectivity index (χ3n) is 3.14. The molecule has 0 aliphatic carbocycles. The number of nitrogens with one attached hydrogen (secondary N) is 1. The van der Waals surface area contributed by atoms with Crippen molar-refractivity contribution < 1.29 is 0 Å². The zero-order valence-corrected chi connectivity index (χ0v) is 13.2. The van der Waals surface area contributed by atoms with Gasteiger partial charge in [0.05, 0.1) is 21.2 Å². The molecule has 0 saturated carbocycles. The Kier molecular flexibility index (Phi) is 4.20. The molecular weight excluding hydrogens is 327 g/mol. The minimum Gasteiger partial charge on any atom is -0.379 e. The van der Waals surface area contributed by atoms with E-state index in [0.29, 0.717) is 21.6 Å². The number of nitrogens with zero attached hydrogens (tertiary/aromatic N) is 1. The fourth-order valence-corrected chi connectivity index (χ4v) is 2.68. The van der Waals surface area contributed by atoms with Crippen molar-refractivity contribution in [2.75, 3.05) is 5.32 Å². The first-order valence-corrected chi connectivity index (χ1v) is 7.49. The van der Waals surface area contributed by atoms with E-state index >= 15 is 0 Å². The topological polar surface area (TPSA) is 24.9 Å². The van der Waals surface area contributed by atoms with E-state index in [1.807, 2.05) is 36.4 Å². The minimum atomic E-state index is 0.546. The summed E-state index contributed by atoms with van der Waals surface area (Å²) in [6, 6.07) is 13.2. The second kappa shape index (κ2) is 6.10. The van der Waals surface area contributed by atoms with Gasteiger partial charge in [-0.2, -0.15) is 0 Å². The predicted molar refractivity (Wildman–Crippen MR) is 90.5 cm³/mol. The van der Waals surface area contributed by atoms with Crippen LogP contribution >= 0.6 is 34.8 Å². The summed E-state index contributed by atoms with van der Waals surface area (Å²) in [6.45, 7) is 0.614. The average Bonchev–Trinajstić information content (AvgIpc) is 2.48. The highest BCUT2D eigenvalue weighted by molar-refractivity contribution is 6.42. The first-order chi connectivity index (χ1) is 10.1. The zero-order chi connectivity index (χ0) is 14.8. The van der Waals surface area contributed by atoms with Crippen LogP contribution in [0.15, 0.2) is 48.7 Å². The van der Waals surface area contributed by atoms with E-state index in [1.165, 1.54) is 0 Å². The third kappa shape index (κ3) is 3.24. The monoisotopic (exact) mass is 336 g/mol. The Morgan fingerprint density at radius 3 is 2.62 bits per heavy atom. The molecule has 3 aromatic rings. The van der Waals surface area contributed by atoms with E-state index < -0.39 is 0 Å². The van der Waals surface area contributed by atoms with E-state index in [-0.39, 0.29) is 0 Å². The molecule has 0 radical (unpaired) electrons. The third-order valence-corrected chi connectivity index (χ3v) is 4.09. The van der Waals surface area contributed by atoms with Crippen LogP contribution in [0.1, 0.15) is 5.56 Å². The van der Waals surface area contributed by atoms with Crippen LogP contribution in [-0.4, -0.2) is 4.98 Å². The van der Waals surface area contributed by atoms with Gasteiger partial charge in [0.2, 0.25) is 0 Å². The van der Waals surface area contributed by atoms with Gasteiger partial charge in [0.15, 0.2) is 0 Å². The molecule has 0 bridgehead atoms. The molecule has 1 heterocycles. The van der Waals surface area contributed by atoms with Crippen LogP contribution in [-0.2, 0) is 6.54 Å². The summed E-state index contributed by atoms with van der Waals surface area (Å²) in [5, 5.41) is 6.12. The van der Waals surface area contributed by atoms with E-state index in [2.05, 4.69) is 10.3 Å². The van der Waals surface area contributed by atoms with E-state index in [4.69, 9.17) is 34.8 Å². The molecule has 21 heavy (non-hydrogen) atoms. The highest BCUT2D eigenvalue weighted by Gasteiger charge is 2.05. The molecular formula is C16H11Cl3N2. The molecule has 0 atom stereocenters. The number of aromatic nitrogens is 1. The lowest BCUT2D eigenvalue weighted by Crippen LogP contribution is -2.00. The number of benzene rings is 2. The summed E-state index contributed by atoms with van der Waals surface area (Å²) in [4.78, 5) is 4.40. The molecule has 3 rings (SSSR count). The summed E-state index contributed by atoms with van der Waals surface area (Å²) in [5.41, 5.74) is 2.82. The first-order valence-electron chi connectivity index (χ1n) is 6.35. The normalized spacial score (nSPS) is 10.8. The van der Waals surface area contributed by atoms with Crippen LogP contribution in [0, 0.1) is 0 Å². The van der Waals surface area contributed by atoms with Crippen LogP contribution in [0.5, 0.6) is 0 Å². The second-order valence-corrected chi connectivity index (χ2v) is 5.88. The van der Waals surface area contributed by atoms with Crippen molar-refractivity contribution in [3.05, 3.63) is 69.3 Å². The number of hydrogen-bond acceptors (Lipinski definition) is 2. The number of hydrogen-bond donors (Lipinski definition) is 1. The minimum absolute atomic E-state index is 0.546. The molecule has 1 N–H and O–H groups in total. The standard InChI is InChI=1S/C16H11Cl3N2/c17-12-7-11-2-1-5-20-16(11)15(8-12)21-9-10-3-4-13(18)14(19)6-10/h1-8,21H,9H2. The predicted octanol–water partition coefficient (Wildman–Crippen LogP) is 5.81. The number of fused-ring (bicyclic) bond motifs is 1. The van der Waals surface area contributed by atoms with Crippen molar-refractivity contribution in [3.63, 3.8) is 0 Å². The maximum atomic E-state index is 6.15. The van der Waals surface area contributed by atoms with Crippen molar-refractivity contribution in [2.24, 2.45) is 0 Å². The van der Waals surface area contributed by atoms with Gasteiger partial charge in [-0.1, -0.05) is 46.9 Å². The molecule has 1 aromatic heterocycles. The van der Waals surface area contributed by atoms with Gasteiger partial charge < -0.3 is 5.32 Å². The highest BCUT2D eigenvalue weighted by atomic mass is 35.5. The lowest BCUT2D eigenvalue weighted by molar-refractivity contribution is 1.15. The molecule has 0 saturated heterocycles. The molecule has 0 aliphatic heterocycles. The maximum absolute atomic E-state index is 6.15. The van der Waals surface area contributed by atoms with Crippen LogP contribution in [0.3, 0.4) is 0 Å². The summed E-state index contributed by atoms with van der Waals surface area (Å²) in [7, 11) is 0. The number of rotatable bonds is 3. The van der Waals surface area contributed by atoms with Crippen LogP contribution in [0.4, 0.5) is 5.69 Å². The average molecular weight is 338 g/mol. The molecule has 2 aromatic carbocycles. The molecule has 0 aliphatic rings. The Morgan fingerprint density at radius 2 is 1.81 bits per heavy atom. The van der Waals surface area contributed by atoms with Gasteiger partial charge >= 0.3 is 0 Å². The summed E-state index contributed by atoms with van der Waals surface area (Å²) in [5.74, 6) is 0. The highest BCUT2D eigenvalue weighted by Crippen LogP contribution is 2.27. The van der Waals surface area contributed by atoms with E-state index in [1.54, 1.807) is 12.3 Å². The van der Waals surface area contributed by atoms with Crippen molar-refractivity contribution >= 4 is 51.4 Å². The van der Waals surface area contributed by atoms with E-state index in [0.717, 1.165) is 22.2 Å². The maximum Gasteiger partial charge on any atom is 0.0934 e. The molecule has 106 valence electrons. The SMILES string of the molecule is Clc1cc(NCc2ccc(Cl)c(Cl)c2)c2ncccc2c1. The van der Waals surface area contributed by atoms with Gasteiger partial charge in [0, 0.05) is 23.2 Å². The van der Waals surface area contributed by atoms with E-state index in [9.17, 15) is 0 Å². The van der Waals surface area contributed by atoms with Gasteiger partial charge in [-0.05, 0) is 35.9 Å². The fourth-order valence-electron chi connectivity index (χ4n) is 2.14. The summed E-state index contributed by atoms with van der Waals surface area (Å²) >= 11 is 18.1. The zero-order valence-electron chi connectivity index (χ0n) is 10.9. The van der Waals surface area contributed by atoms with Crippen LogP contribution in [0.2, 0.25) is 15.1 Å². The number of halogens is 3. The van der Waals surface area contributed by atoms with Crippen molar-refractivity contribution in [1.29, 1.82) is 0 Å². The van der Waals surface area contributed by atoms with Gasteiger partial charge in [0.1, 0.15) is 0 Å². The van der Waals surface area contributed by atoms with Gasteiger partial charge in [0.25, 0.3) is 0 Å². The first kappa shape index (κ1) is 14.5. The molecule has 0 spiro atoms. The lowest BCUT2D eigenvalue weighted by atomic mass is 10.1. The van der Waals surface area contributed by atoms with Gasteiger partial charge in [-0.15, -0.1) is 0 Å². The Hall–Kier alpha value is -1.48. The summed E-state index contributed by atoms with van der Waals surface area (Å²) in [6.07, 6.45) is 1.76. The Balaban J connectivity index is 1.89. The quantitative estimate of drug-likeness (QED) is 0.652. The smallest absolute Gasteiger partial charge is 0.0934 e. The summed E-state index contributed by atoms with van der Waals surface area (Å²) < 4.78 is 0. The van der Waals surface area contributed by atoms with Crippen molar-refractivity contribution in [1.82, 2.24) is 4.98 Å². The van der Waals surface area contributed by atoms with Gasteiger partial charge in [-0.25, -0.2) is 0 Å². The number of anilines is 1. The van der Waals surface area contributed by atoms with Crippen LogP contribution in [0.25, 0.3) is 10.9 Å². The Labute approximate surface area is 137 Å². The van der Waals surface area contributed by atoms with Crippen molar-refractivity contribution in [2.45, 2.75) is 6.54 Å². The lowest BCUT2D eigenvalue weighted by Gasteiger charge is -2.10. The van der Waals surface area contributed by atoms with Crippen LogP contribution < -0.4 is 5.32 Å². The van der Waals surface area contributed by atoms with Gasteiger partial charge in [-0.3, -0.25) is 4.98 Å². The Morgan fingerprint density at radius 1 is 0.952 bits per heavy atom. The molecule has 2 nitrogen and oxygen atoms in total.